The Morgan fingerprint density at radius 2 is 1.79 bits per heavy atom. The average Bonchev–Trinajstić information content (AvgIpc) is 3.04. The average molecular weight is 657 g/mol. The fourth-order valence-corrected chi connectivity index (χ4v) is 7.04. The topological polar surface area (TPSA) is 147 Å². The Hall–Kier alpha value is -5.30. The molecule has 0 unspecified atom stereocenters. The van der Waals surface area contributed by atoms with Gasteiger partial charge in [-0.1, -0.05) is 49.4 Å². The lowest BCUT2D eigenvalue weighted by molar-refractivity contribution is 0.119. The minimum atomic E-state index is -3.95. The molecule has 0 radical (unpaired) electrons. The molecule has 1 aliphatic rings. The van der Waals surface area contributed by atoms with Gasteiger partial charge >= 0.3 is 6.09 Å². The van der Waals surface area contributed by atoms with E-state index in [1.54, 1.807) is 79.1 Å². The molecule has 2 aromatic heterocycles. The number of carboxylic acid groups (broad SMARTS) is 1. The lowest BCUT2D eigenvalue weighted by Gasteiger charge is -2.35. The van der Waals surface area contributed by atoms with Crippen molar-refractivity contribution in [1.82, 2.24) is 19.9 Å². The lowest BCUT2D eigenvalue weighted by Crippen LogP contribution is -2.47. The van der Waals surface area contributed by atoms with Gasteiger partial charge < -0.3 is 20.1 Å². The van der Waals surface area contributed by atoms with Crippen LogP contribution in [0.3, 0.4) is 0 Å². The van der Waals surface area contributed by atoms with E-state index >= 15 is 4.39 Å². The van der Waals surface area contributed by atoms with E-state index in [1.807, 2.05) is 13.8 Å². The maximum Gasteiger partial charge on any atom is 0.407 e. The van der Waals surface area contributed by atoms with Crippen molar-refractivity contribution in [2.75, 3.05) is 23.1 Å². The van der Waals surface area contributed by atoms with Crippen molar-refractivity contribution in [1.29, 1.82) is 0 Å². The van der Waals surface area contributed by atoms with Crippen LogP contribution in [-0.4, -0.2) is 58.6 Å². The van der Waals surface area contributed by atoms with Gasteiger partial charge in [0.2, 0.25) is 21.9 Å². The molecule has 3 N–H and O–H groups in total. The van der Waals surface area contributed by atoms with Crippen LogP contribution in [0.15, 0.2) is 85.2 Å². The van der Waals surface area contributed by atoms with Crippen molar-refractivity contribution in [3.05, 3.63) is 102 Å². The zero-order valence-corrected chi connectivity index (χ0v) is 26.5. The number of nitrogens with one attached hydrogen (secondary N) is 2. The number of pyridine rings is 1. The number of halogens is 1. The smallest absolute Gasteiger partial charge is 0.407 e. The number of hydrogen-bond donors (Lipinski definition) is 3. The van der Waals surface area contributed by atoms with Crippen molar-refractivity contribution >= 4 is 38.5 Å². The van der Waals surface area contributed by atoms with Crippen LogP contribution in [0.25, 0.3) is 22.0 Å². The summed E-state index contributed by atoms with van der Waals surface area (Å²) in [5, 5.41) is 13.6. The van der Waals surface area contributed by atoms with Gasteiger partial charge in [0.15, 0.2) is 0 Å². The Labute approximate surface area is 271 Å². The van der Waals surface area contributed by atoms with E-state index in [0.717, 1.165) is 12.0 Å². The Kier molecular flexibility index (Phi) is 8.90. The fraction of sp³-hybridized carbons (Fsp3) is 0.235. The molecule has 1 amide bonds. The molecular weight excluding hydrogens is 623 g/mol. The zero-order valence-electron chi connectivity index (χ0n) is 25.7. The van der Waals surface area contributed by atoms with Crippen LogP contribution >= 0.6 is 0 Å². The second-order valence-electron chi connectivity index (χ2n) is 11.7. The molecule has 47 heavy (non-hydrogen) atoms. The van der Waals surface area contributed by atoms with Crippen LogP contribution in [0.4, 0.5) is 20.8 Å². The van der Waals surface area contributed by atoms with E-state index in [-0.39, 0.29) is 29.3 Å². The molecule has 1 saturated heterocycles. The van der Waals surface area contributed by atoms with Crippen LogP contribution in [0.5, 0.6) is 11.6 Å². The monoisotopic (exact) mass is 656 g/mol. The summed E-state index contributed by atoms with van der Waals surface area (Å²) in [4.78, 5) is 26.5. The van der Waals surface area contributed by atoms with Crippen molar-refractivity contribution in [3.8, 4) is 22.9 Å². The van der Waals surface area contributed by atoms with Crippen LogP contribution in [-0.2, 0) is 15.8 Å². The predicted octanol–water partition coefficient (Wildman–Crippen LogP) is 6.67. The van der Waals surface area contributed by atoms with E-state index in [0.29, 0.717) is 52.4 Å². The third-order valence-corrected chi connectivity index (χ3v) is 9.15. The first kappa shape index (κ1) is 31.7. The molecule has 2 atom stereocenters. The van der Waals surface area contributed by atoms with Gasteiger partial charge in [-0.3, -0.25) is 4.72 Å². The van der Waals surface area contributed by atoms with Gasteiger partial charge in [-0.05, 0) is 60.7 Å². The number of amides is 1. The summed E-state index contributed by atoms with van der Waals surface area (Å²) >= 11 is 0. The van der Waals surface area contributed by atoms with E-state index in [1.165, 1.54) is 11.0 Å². The van der Waals surface area contributed by atoms with Gasteiger partial charge in [0.25, 0.3) is 0 Å². The summed E-state index contributed by atoms with van der Waals surface area (Å²) in [6, 6.07) is 19.9. The quantitative estimate of drug-likeness (QED) is 0.158. The molecule has 0 spiro atoms. The SMILES string of the molecule is Cc1ccc2c(NS(=O)(=O)Cc3ccccc3)c(F)ccc2c1Oc1ncccc1-c1ccnc(N[C@H]2C[C@@H](C)CN(C(=O)O)C2)n1. The summed E-state index contributed by atoms with van der Waals surface area (Å²) in [6.45, 7) is 4.64. The van der Waals surface area contributed by atoms with E-state index in [9.17, 15) is 18.3 Å². The largest absolute Gasteiger partial charge is 0.465 e. The normalized spacial score (nSPS) is 16.5. The highest BCUT2D eigenvalue weighted by molar-refractivity contribution is 7.91. The maximum atomic E-state index is 15.2. The summed E-state index contributed by atoms with van der Waals surface area (Å²) in [5.74, 6) is 0.0861. The molecule has 1 fully saturated rings. The Morgan fingerprint density at radius 3 is 2.57 bits per heavy atom. The molecule has 0 saturated carbocycles. The number of ether oxygens (including phenoxy) is 1. The number of anilines is 2. The third-order valence-electron chi connectivity index (χ3n) is 7.92. The van der Waals surface area contributed by atoms with Crippen LogP contribution in [0.2, 0.25) is 0 Å². The number of benzene rings is 3. The minimum Gasteiger partial charge on any atom is -0.465 e. The van der Waals surface area contributed by atoms with E-state index in [4.69, 9.17) is 4.74 Å². The van der Waals surface area contributed by atoms with Gasteiger partial charge in [-0.15, -0.1) is 0 Å². The predicted molar refractivity (Wildman–Crippen MR) is 177 cm³/mol. The van der Waals surface area contributed by atoms with Crippen molar-refractivity contribution < 1.29 is 27.4 Å². The van der Waals surface area contributed by atoms with Crippen molar-refractivity contribution in [2.24, 2.45) is 5.92 Å². The van der Waals surface area contributed by atoms with E-state index < -0.39 is 21.9 Å². The summed E-state index contributed by atoms with van der Waals surface area (Å²) < 4.78 is 50.2. The zero-order chi connectivity index (χ0) is 33.1. The Morgan fingerprint density at radius 1 is 1.00 bits per heavy atom. The molecule has 3 heterocycles. The number of aryl methyl sites for hydroxylation is 1. The third kappa shape index (κ3) is 7.25. The summed E-state index contributed by atoms with van der Waals surface area (Å²) in [6.07, 6.45) is 2.98. The van der Waals surface area contributed by atoms with Gasteiger partial charge in [0.1, 0.15) is 11.6 Å². The van der Waals surface area contributed by atoms with Gasteiger partial charge in [-0.25, -0.2) is 32.6 Å². The fourth-order valence-electron chi connectivity index (χ4n) is 5.82. The summed E-state index contributed by atoms with van der Waals surface area (Å²) in [5.41, 5.74) is 2.20. The lowest BCUT2D eigenvalue weighted by atomic mass is 9.96. The highest BCUT2D eigenvalue weighted by atomic mass is 32.2. The first-order valence-electron chi connectivity index (χ1n) is 15.0. The highest BCUT2D eigenvalue weighted by Gasteiger charge is 2.28. The number of piperidine rings is 1. The number of hydrogen-bond acceptors (Lipinski definition) is 8. The molecule has 0 aliphatic carbocycles. The first-order valence-corrected chi connectivity index (χ1v) is 16.7. The molecule has 13 heteroatoms. The number of carbonyl (C=O) groups is 1. The molecular formula is C34H33FN6O5S. The number of aromatic nitrogens is 3. The number of fused-ring (bicyclic) bond motifs is 1. The maximum absolute atomic E-state index is 15.2. The van der Waals surface area contributed by atoms with Crippen LogP contribution in [0, 0.1) is 18.7 Å². The van der Waals surface area contributed by atoms with Crippen LogP contribution in [0.1, 0.15) is 24.5 Å². The van der Waals surface area contributed by atoms with Gasteiger partial charge in [-0.2, -0.15) is 0 Å². The molecule has 242 valence electrons. The molecule has 3 aromatic carbocycles. The number of nitrogens with zero attached hydrogens (tertiary/aromatic N) is 4. The second kappa shape index (κ2) is 13.2. The molecule has 0 bridgehead atoms. The van der Waals surface area contributed by atoms with Crippen molar-refractivity contribution in [2.45, 2.75) is 32.1 Å². The number of rotatable bonds is 9. The molecule has 1 aliphatic heterocycles. The van der Waals surface area contributed by atoms with Gasteiger partial charge in [0.05, 0.1) is 22.7 Å². The van der Waals surface area contributed by atoms with Crippen molar-refractivity contribution in [3.63, 3.8) is 0 Å². The first-order chi connectivity index (χ1) is 22.6. The second-order valence-corrected chi connectivity index (χ2v) is 13.4. The van der Waals surface area contributed by atoms with Gasteiger partial charge in [0, 0.05) is 42.3 Å². The van der Waals surface area contributed by atoms with Crippen LogP contribution < -0.4 is 14.8 Å². The minimum absolute atomic E-state index is 0.159. The highest BCUT2D eigenvalue weighted by Crippen LogP contribution is 2.40. The van der Waals surface area contributed by atoms with E-state index in [2.05, 4.69) is 25.0 Å². The number of sulfonamides is 1. The molecule has 5 aromatic rings. The standard InChI is InChI=1S/C34H33FN6O5S/c1-21-17-24(19-41(18-21)34(42)43)38-33-37-16-14-29(39-33)27-9-6-15-36-32(27)46-31-22(2)10-11-25-26(31)12-13-28(35)30(25)40-47(44,45)20-23-7-4-3-5-8-23/h3-16,21,24,40H,17-20H2,1-2H3,(H,42,43)(H,37,38,39)/t21-,24+/m1/s1. The Balaban J connectivity index is 1.30. The summed E-state index contributed by atoms with van der Waals surface area (Å²) in [7, 11) is -3.95. The molecule has 6 rings (SSSR count). The Bertz CT molecular complexity index is 2050. The number of likely N-dealkylation sites (tertiary alicyclic amines) is 1. The molecule has 11 nitrogen and oxygen atoms in total.